The number of para-hydroxylation sites is 1. The van der Waals surface area contributed by atoms with Crippen LogP contribution in [0.15, 0.2) is 51.9 Å². The largest absolute Gasteiger partial charge is 0.496 e. The molecule has 4 rings (SSSR count). The first-order chi connectivity index (χ1) is 13.2. The highest BCUT2D eigenvalue weighted by Crippen LogP contribution is 2.32. The van der Waals surface area contributed by atoms with Crippen molar-refractivity contribution in [2.75, 3.05) is 7.11 Å². The second-order valence-electron chi connectivity index (χ2n) is 5.47. The SMILES string of the molecule is COc1ccccc1-c1nc(COC(=O)c2csc(-c3ccsc3)n2)cs1. The standard InChI is InChI=1S/C19H14N2O3S3/c1-23-16-5-3-2-4-14(16)18-20-13(10-26-18)8-24-19(22)15-11-27-17(21-15)12-6-7-25-9-12/h2-7,9-11H,8H2,1H3. The van der Waals surface area contributed by atoms with Gasteiger partial charge in [-0.25, -0.2) is 14.8 Å². The molecule has 5 nitrogen and oxygen atoms in total. The molecular weight excluding hydrogens is 400 g/mol. The van der Waals surface area contributed by atoms with Crippen LogP contribution in [0.5, 0.6) is 5.75 Å². The van der Waals surface area contributed by atoms with Gasteiger partial charge >= 0.3 is 5.97 Å². The van der Waals surface area contributed by atoms with Crippen molar-refractivity contribution in [3.8, 4) is 26.9 Å². The average Bonchev–Trinajstić information content (AvgIpc) is 3.47. The topological polar surface area (TPSA) is 61.3 Å². The average molecular weight is 415 g/mol. The Morgan fingerprint density at radius 2 is 1.89 bits per heavy atom. The number of benzene rings is 1. The lowest BCUT2D eigenvalue weighted by molar-refractivity contribution is 0.0462. The smallest absolute Gasteiger partial charge is 0.358 e. The van der Waals surface area contributed by atoms with Gasteiger partial charge in [0.1, 0.15) is 22.4 Å². The molecule has 0 bridgehead atoms. The number of esters is 1. The predicted octanol–water partition coefficient (Wildman–Crippen LogP) is 5.36. The third-order valence-corrected chi connectivity index (χ3v) is 6.22. The molecule has 0 atom stereocenters. The summed E-state index contributed by atoms with van der Waals surface area (Å²) in [6.07, 6.45) is 0. The summed E-state index contributed by atoms with van der Waals surface area (Å²) in [6.45, 7) is 0.107. The normalized spacial score (nSPS) is 10.7. The summed E-state index contributed by atoms with van der Waals surface area (Å²) in [5, 5.41) is 9.23. The maximum Gasteiger partial charge on any atom is 0.358 e. The minimum absolute atomic E-state index is 0.107. The number of aromatic nitrogens is 2. The number of nitrogens with zero attached hydrogens (tertiary/aromatic N) is 2. The van der Waals surface area contributed by atoms with Crippen molar-refractivity contribution in [3.63, 3.8) is 0 Å². The second-order valence-corrected chi connectivity index (χ2v) is 7.97. The van der Waals surface area contributed by atoms with E-state index >= 15 is 0 Å². The van der Waals surface area contributed by atoms with Gasteiger partial charge in [-0.2, -0.15) is 11.3 Å². The number of methoxy groups -OCH3 is 1. The summed E-state index contributed by atoms with van der Waals surface area (Å²) in [4.78, 5) is 21.2. The van der Waals surface area contributed by atoms with Gasteiger partial charge in [-0.05, 0) is 23.6 Å². The van der Waals surface area contributed by atoms with Crippen molar-refractivity contribution in [1.82, 2.24) is 9.97 Å². The number of carbonyl (C=O) groups is 1. The third-order valence-electron chi connectivity index (χ3n) is 3.72. The molecule has 0 aliphatic heterocycles. The molecule has 3 heterocycles. The fourth-order valence-corrected chi connectivity index (χ4v) is 4.75. The minimum Gasteiger partial charge on any atom is -0.496 e. The Morgan fingerprint density at radius 1 is 1.04 bits per heavy atom. The summed E-state index contributed by atoms with van der Waals surface area (Å²) >= 11 is 4.51. The van der Waals surface area contributed by atoms with Gasteiger partial charge in [-0.15, -0.1) is 22.7 Å². The van der Waals surface area contributed by atoms with Gasteiger partial charge in [0.05, 0.1) is 18.4 Å². The molecule has 8 heteroatoms. The lowest BCUT2D eigenvalue weighted by atomic mass is 10.2. The number of carbonyl (C=O) groups excluding carboxylic acids is 1. The Morgan fingerprint density at radius 3 is 2.70 bits per heavy atom. The molecule has 0 spiro atoms. The van der Waals surface area contributed by atoms with Gasteiger partial charge in [-0.1, -0.05) is 12.1 Å². The molecular formula is C19H14N2O3S3. The zero-order chi connectivity index (χ0) is 18.6. The number of rotatable bonds is 6. The van der Waals surface area contributed by atoms with Crippen LogP contribution in [0.1, 0.15) is 16.2 Å². The van der Waals surface area contributed by atoms with Gasteiger partial charge in [0.25, 0.3) is 0 Å². The maximum absolute atomic E-state index is 12.3. The highest BCUT2D eigenvalue weighted by Gasteiger charge is 2.15. The molecule has 136 valence electrons. The van der Waals surface area contributed by atoms with Crippen LogP contribution in [0, 0.1) is 0 Å². The molecule has 0 fully saturated rings. The fraction of sp³-hybridized carbons (Fsp3) is 0.105. The summed E-state index contributed by atoms with van der Waals surface area (Å²) in [5.74, 6) is 0.318. The molecule has 0 amide bonds. The van der Waals surface area contributed by atoms with Crippen LogP contribution < -0.4 is 4.74 Å². The summed E-state index contributed by atoms with van der Waals surface area (Å²) < 4.78 is 10.7. The molecule has 4 aromatic rings. The molecule has 0 saturated heterocycles. The number of thiazole rings is 2. The molecule has 0 aliphatic carbocycles. The molecule has 0 saturated carbocycles. The van der Waals surface area contributed by atoms with Crippen molar-refractivity contribution in [1.29, 1.82) is 0 Å². The highest BCUT2D eigenvalue weighted by molar-refractivity contribution is 7.14. The first-order valence-electron chi connectivity index (χ1n) is 7.97. The molecule has 3 aromatic heterocycles. The molecule has 1 aromatic carbocycles. The van der Waals surface area contributed by atoms with E-state index in [4.69, 9.17) is 9.47 Å². The Hall–Kier alpha value is -2.55. The Balaban J connectivity index is 1.42. The predicted molar refractivity (Wildman–Crippen MR) is 109 cm³/mol. The van der Waals surface area contributed by atoms with Crippen LogP contribution in [-0.2, 0) is 11.3 Å². The Kier molecular flexibility index (Phi) is 5.28. The Labute approximate surface area is 167 Å². The first-order valence-corrected chi connectivity index (χ1v) is 10.7. The molecule has 0 unspecified atom stereocenters. The number of ether oxygens (including phenoxy) is 2. The van der Waals surface area contributed by atoms with E-state index in [2.05, 4.69) is 9.97 Å². The van der Waals surface area contributed by atoms with E-state index in [0.717, 1.165) is 26.9 Å². The summed E-state index contributed by atoms with van der Waals surface area (Å²) in [5.41, 5.74) is 2.96. The second kappa shape index (κ2) is 7.99. The zero-order valence-electron chi connectivity index (χ0n) is 14.2. The monoisotopic (exact) mass is 414 g/mol. The van der Waals surface area contributed by atoms with E-state index in [1.807, 2.05) is 46.5 Å². The fourth-order valence-electron chi connectivity index (χ4n) is 2.42. The van der Waals surface area contributed by atoms with Crippen LogP contribution in [0.3, 0.4) is 0 Å². The zero-order valence-corrected chi connectivity index (χ0v) is 16.7. The van der Waals surface area contributed by atoms with Crippen molar-refractivity contribution in [3.05, 3.63) is 63.2 Å². The lowest BCUT2D eigenvalue weighted by Crippen LogP contribution is -2.05. The lowest BCUT2D eigenvalue weighted by Gasteiger charge is -2.04. The molecule has 0 radical (unpaired) electrons. The summed E-state index contributed by atoms with van der Waals surface area (Å²) in [6, 6.07) is 9.68. The van der Waals surface area contributed by atoms with Crippen LogP contribution in [0.25, 0.3) is 21.1 Å². The van der Waals surface area contributed by atoms with Crippen LogP contribution >= 0.6 is 34.0 Å². The third kappa shape index (κ3) is 3.92. The van der Waals surface area contributed by atoms with E-state index in [9.17, 15) is 4.79 Å². The number of thiophene rings is 1. The van der Waals surface area contributed by atoms with Crippen molar-refractivity contribution >= 4 is 40.0 Å². The highest BCUT2D eigenvalue weighted by atomic mass is 32.1. The van der Waals surface area contributed by atoms with Gasteiger partial charge in [0.15, 0.2) is 5.69 Å². The van der Waals surface area contributed by atoms with Crippen molar-refractivity contribution < 1.29 is 14.3 Å². The van der Waals surface area contributed by atoms with E-state index in [-0.39, 0.29) is 6.61 Å². The van der Waals surface area contributed by atoms with Gasteiger partial charge in [0, 0.05) is 21.7 Å². The quantitative estimate of drug-likeness (QED) is 0.398. The molecule has 27 heavy (non-hydrogen) atoms. The van der Waals surface area contributed by atoms with E-state index in [0.29, 0.717) is 11.4 Å². The van der Waals surface area contributed by atoms with Crippen molar-refractivity contribution in [2.24, 2.45) is 0 Å². The van der Waals surface area contributed by atoms with E-state index in [1.54, 1.807) is 23.8 Å². The minimum atomic E-state index is -0.445. The number of hydrogen-bond acceptors (Lipinski definition) is 8. The van der Waals surface area contributed by atoms with Crippen molar-refractivity contribution in [2.45, 2.75) is 6.61 Å². The van der Waals surface area contributed by atoms with Crippen LogP contribution in [0.2, 0.25) is 0 Å². The summed E-state index contributed by atoms with van der Waals surface area (Å²) in [7, 11) is 1.63. The maximum atomic E-state index is 12.3. The Bertz CT molecular complexity index is 1050. The van der Waals surface area contributed by atoms with Gasteiger partial charge in [0.2, 0.25) is 0 Å². The van der Waals surface area contributed by atoms with E-state index in [1.165, 1.54) is 22.7 Å². The van der Waals surface area contributed by atoms with Crippen LogP contribution in [0.4, 0.5) is 0 Å². The number of hydrogen-bond donors (Lipinski definition) is 0. The molecule has 0 N–H and O–H groups in total. The first kappa shape index (κ1) is 17.8. The van der Waals surface area contributed by atoms with Gasteiger partial charge < -0.3 is 9.47 Å². The molecule has 0 aliphatic rings. The van der Waals surface area contributed by atoms with Crippen LogP contribution in [-0.4, -0.2) is 23.0 Å². The van der Waals surface area contributed by atoms with Gasteiger partial charge in [-0.3, -0.25) is 0 Å². The van der Waals surface area contributed by atoms with E-state index < -0.39 is 5.97 Å².